The molecule has 3 heteroatoms. The summed E-state index contributed by atoms with van der Waals surface area (Å²) < 4.78 is 5.03. The molecule has 0 aliphatic heterocycles. The number of hydrogen-bond acceptors (Lipinski definition) is 2. The van der Waals surface area contributed by atoms with E-state index < -0.39 is 0 Å². The van der Waals surface area contributed by atoms with E-state index in [-0.39, 0.29) is 5.97 Å². The number of carbonyl (C=O) groups excluding carboxylic acids is 1. The number of esters is 1. The molecule has 0 saturated carbocycles. The molecule has 0 spiro atoms. The van der Waals surface area contributed by atoms with Gasteiger partial charge in [0.1, 0.15) is 5.75 Å². The molecule has 0 fully saturated rings. The maximum Gasteiger partial charge on any atom is 0.308 e. The van der Waals surface area contributed by atoms with Gasteiger partial charge in [-0.1, -0.05) is 40.2 Å². The fraction of sp³-hybridized carbons (Fsp3) is 0.154. The van der Waals surface area contributed by atoms with Crippen LogP contribution >= 0.6 is 15.9 Å². The molecule has 2 aromatic carbocycles. The molecule has 0 saturated heterocycles. The van der Waals surface area contributed by atoms with E-state index in [2.05, 4.69) is 28.1 Å². The van der Waals surface area contributed by atoms with Gasteiger partial charge in [0.25, 0.3) is 0 Å². The van der Waals surface area contributed by atoms with Gasteiger partial charge in [-0.25, -0.2) is 0 Å². The van der Waals surface area contributed by atoms with Crippen molar-refractivity contribution in [3.63, 3.8) is 0 Å². The monoisotopic (exact) mass is 278 g/mol. The number of rotatable bonds is 2. The highest BCUT2D eigenvalue weighted by Crippen LogP contribution is 2.22. The van der Waals surface area contributed by atoms with Crippen LogP contribution in [0.25, 0.3) is 10.8 Å². The molecular weight excluding hydrogens is 268 g/mol. The lowest BCUT2D eigenvalue weighted by Gasteiger charge is -2.04. The summed E-state index contributed by atoms with van der Waals surface area (Å²) in [6.45, 7) is 1.40. The SMILES string of the molecule is CC(=O)Oc1ccc2cc(CBr)ccc2c1. The predicted octanol–water partition coefficient (Wildman–Crippen LogP) is 3.66. The number of benzene rings is 2. The van der Waals surface area contributed by atoms with Gasteiger partial charge in [-0.3, -0.25) is 4.79 Å². The van der Waals surface area contributed by atoms with Crippen molar-refractivity contribution in [3.8, 4) is 5.75 Å². The number of ether oxygens (including phenoxy) is 1. The molecule has 2 rings (SSSR count). The quantitative estimate of drug-likeness (QED) is 0.476. The van der Waals surface area contributed by atoms with Crippen molar-refractivity contribution in [2.24, 2.45) is 0 Å². The topological polar surface area (TPSA) is 26.3 Å². The average molecular weight is 279 g/mol. The van der Waals surface area contributed by atoms with E-state index in [9.17, 15) is 4.79 Å². The van der Waals surface area contributed by atoms with Gasteiger partial charge in [0.2, 0.25) is 0 Å². The number of fused-ring (bicyclic) bond motifs is 1. The van der Waals surface area contributed by atoms with Crippen molar-refractivity contribution < 1.29 is 9.53 Å². The van der Waals surface area contributed by atoms with Crippen LogP contribution in [0.5, 0.6) is 5.75 Å². The predicted molar refractivity (Wildman–Crippen MR) is 67.9 cm³/mol. The molecule has 0 heterocycles. The van der Waals surface area contributed by atoms with Gasteiger partial charge in [0.05, 0.1) is 0 Å². The normalized spacial score (nSPS) is 10.4. The Morgan fingerprint density at radius 3 is 2.56 bits per heavy atom. The van der Waals surface area contributed by atoms with E-state index in [4.69, 9.17) is 4.74 Å². The Morgan fingerprint density at radius 1 is 1.19 bits per heavy atom. The zero-order valence-electron chi connectivity index (χ0n) is 8.87. The second-order valence-electron chi connectivity index (χ2n) is 3.57. The van der Waals surface area contributed by atoms with E-state index in [0.29, 0.717) is 5.75 Å². The van der Waals surface area contributed by atoms with Crippen LogP contribution in [0, 0.1) is 0 Å². The molecule has 0 atom stereocenters. The second-order valence-corrected chi connectivity index (χ2v) is 4.13. The molecule has 2 nitrogen and oxygen atoms in total. The maximum atomic E-state index is 10.8. The largest absolute Gasteiger partial charge is 0.427 e. The average Bonchev–Trinajstić information content (AvgIpc) is 2.27. The summed E-state index contributed by atoms with van der Waals surface area (Å²) in [4.78, 5) is 10.8. The van der Waals surface area contributed by atoms with Crippen LogP contribution in [0.1, 0.15) is 12.5 Å². The Labute approximate surface area is 102 Å². The minimum absolute atomic E-state index is 0.295. The molecule has 0 radical (unpaired) electrons. The molecule has 0 aromatic heterocycles. The zero-order valence-corrected chi connectivity index (χ0v) is 10.5. The first-order valence-corrected chi connectivity index (χ1v) is 6.08. The zero-order chi connectivity index (χ0) is 11.5. The highest BCUT2D eigenvalue weighted by Gasteiger charge is 2.00. The Balaban J connectivity index is 2.43. The van der Waals surface area contributed by atoms with Crippen LogP contribution in [0.3, 0.4) is 0 Å². The van der Waals surface area contributed by atoms with Crippen molar-refractivity contribution in [2.75, 3.05) is 0 Å². The highest BCUT2D eigenvalue weighted by atomic mass is 79.9. The van der Waals surface area contributed by atoms with E-state index in [1.54, 1.807) is 0 Å². The Morgan fingerprint density at radius 2 is 1.88 bits per heavy atom. The van der Waals surface area contributed by atoms with Gasteiger partial charge < -0.3 is 4.74 Å². The molecule has 16 heavy (non-hydrogen) atoms. The molecule has 0 N–H and O–H groups in total. The van der Waals surface area contributed by atoms with Crippen LogP contribution < -0.4 is 4.74 Å². The van der Waals surface area contributed by atoms with Crippen molar-refractivity contribution >= 4 is 32.7 Å². The maximum absolute atomic E-state index is 10.8. The fourth-order valence-corrected chi connectivity index (χ4v) is 1.93. The number of halogens is 1. The number of carbonyl (C=O) groups is 1. The Bertz CT molecular complexity index is 534. The molecule has 2 aromatic rings. The summed E-state index contributed by atoms with van der Waals surface area (Å²) >= 11 is 3.42. The molecule has 0 amide bonds. The first-order chi connectivity index (χ1) is 7.69. The third-order valence-corrected chi connectivity index (χ3v) is 2.94. The van der Waals surface area contributed by atoms with Crippen LogP contribution in [0.2, 0.25) is 0 Å². The standard InChI is InChI=1S/C13H11BrO2/c1-9(15)16-13-5-4-11-6-10(8-14)2-3-12(11)7-13/h2-7H,8H2,1H3. The summed E-state index contributed by atoms with van der Waals surface area (Å²) in [5, 5.41) is 3.06. The Hall–Kier alpha value is -1.35. The van der Waals surface area contributed by atoms with E-state index in [1.807, 2.05) is 24.3 Å². The summed E-state index contributed by atoms with van der Waals surface area (Å²) in [6.07, 6.45) is 0. The van der Waals surface area contributed by atoms with E-state index in [0.717, 1.165) is 16.1 Å². The van der Waals surface area contributed by atoms with Gasteiger partial charge in [-0.15, -0.1) is 0 Å². The molecule has 82 valence electrons. The smallest absolute Gasteiger partial charge is 0.308 e. The summed E-state index contributed by atoms with van der Waals surface area (Å²) in [5.74, 6) is 0.294. The van der Waals surface area contributed by atoms with Crippen molar-refractivity contribution in [3.05, 3.63) is 42.0 Å². The molecule has 0 aliphatic rings. The molecule has 0 unspecified atom stereocenters. The number of alkyl halides is 1. The second kappa shape index (κ2) is 4.66. The fourth-order valence-electron chi connectivity index (χ4n) is 1.59. The third kappa shape index (κ3) is 2.42. The van der Waals surface area contributed by atoms with Gasteiger partial charge in [0, 0.05) is 12.3 Å². The molecular formula is C13H11BrO2. The van der Waals surface area contributed by atoms with Gasteiger partial charge in [-0.05, 0) is 28.5 Å². The minimum Gasteiger partial charge on any atom is -0.427 e. The summed E-state index contributed by atoms with van der Waals surface area (Å²) in [5.41, 5.74) is 1.23. The number of hydrogen-bond donors (Lipinski definition) is 0. The third-order valence-electron chi connectivity index (χ3n) is 2.29. The first kappa shape index (κ1) is 11.1. The van der Waals surface area contributed by atoms with Crippen LogP contribution in [0.4, 0.5) is 0 Å². The van der Waals surface area contributed by atoms with E-state index in [1.165, 1.54) is 12.5 Å². The lowest BCUT2D eigenvalue weighted by molar-refractivity contribution is -0.131. The minimum atomic E-state index is -0.295. The Kier molecular flexibility index (Phi) is 3.25. The molecule has 0 aliphatic carbocycles. The van der Waals surface area contributed by atoms with Crippen LogP contribution in [-0.2, 0) is 10.1 Å². The van der Waals surface area contributed by atoms with Gasteiger partial charge >= 0.3 is 5.97 Å². The van der Waals surface area contributed by atoms with Crippen molar-refractivity contribution in [1.82, 2.24) is 0 Å². The van der Waals surface area contributed by atoms with Crippen LogP contribution in [-0.4, -0.2) is 5.97 Å². The summed E-state index contributed by atoms with van der Waals surface area (Å²) in [7, 11) is 0. The highest BCUT2D eigenvalue weighted by molar-refractivity contribution is 9.08. The van der Waals surface area contributed by atoms with Gasteiger partial charge in [0.15, 0.2) is 0 Å². The van der Waals surface area contributed by atoms with Gasteiger partial charge in [-0.2, -0.15) is 0 Å². The molecule has 0 bridgehead atoms. The van der Waals surface area contributed by atoms with Crippen molar-refractivity contribution in [1.29, 1.82) is 0 Å². The lowest BCUT2D eigenvalue weighted by atomic mass is 10.1. The lowest BCUT2D eigenvalue weighted by Crippen LogP contribution is -2.00. The summed E-state index contributed by atoms with van der Waals surface area (Å²) in [6, 6.07) is 11.8. The van der Waals surface area contributed by atoms with E-state index >= 15 is 0 Å². The van der Waals surface area contributed by atoms with Crippen LogP contribution in [0.15, 0.2) is 36.4 Å². The first-order valence-electron chi connectivity index (χ1n) is 4.96. The van der Waals surface area contributed by atoms with Crippen molar-refractivity contribution in [2.45, 2.75) is 12.3 Å².